The van der Waals surface area contributed by atoms with E-state index in [0.717, 1.165) is 11.1 Å². The maximum absolute atomic E-state index is 11.0. The van der Waals surface area contributed by atoms with E-state index in [1.165, 1.54) is 0 Å². The minimum Gasteiger partial charge on any atom is -0.494 e. The van der Waals surface area contributed by atoms with Crippen molar-refractivity contribution < 1.29 is 24.5 Å². The summed E-state index contributed by atoms with van der Waals surface area (Å²) in [6.45, 7) is 3.89. The van der Waals surface area contributed by atoms with Gasteiger partial charge >= 0.3 is 11.9 Å². The normalized spacial score (nSPS) is 14.8. The molecule has 6 N–H and O–H groups in total. The van der Waals surface area contributed by atoms with Crippen molar-refractivity contribution in [2.45, 2.75) is 38.8 Å². The number of carboxylic acid groups (broad SMARTS) is 2. The van der Waals surface area contributed by atoms with Gasteiger partial charge in [-0.3, -0.25) is 9.59 Å². The highest BCUT2D eigenvalue weighted by molar-refractivity contribution is 5.73. The molecular weight excluding hydrogens is 300 g/mol. The van der Waals surface area contributed by atoms with Crippen molar-refractivity contribution in [2.24, 2.45) is 17.4 Å². The van der Waals surface area contributed by atoms with Gasteiger partial charge in [-0.15, -0.1) is 0 Å². The Bertz CT molecular complexity index is 561. The zero-order valence-corrected chi connectivity index (χ0v) is 13.4. The van der Waals surface area contributed by atoms with Crippen LogP contribution >= 0.6 is 0 Å². The maximum atomic E-state index is 11.0. The Labute approximate surface area is 135 Å². The standard InChI is InChI=1S/C16H24N2O5/c1-3-23-12-5-4-10(7-14(18)16(21)22)11(6-12)8-13(17)9(2)15(19)20/h4-6,9,13-14H,3,7-8,17-18H2,1-2H3,(H,19,20)(H,21,22)/t9?,13-,14-/m1/s1. The zero-order chi connectivity index (χ0) is 17.6. The molecule has 0 amide bonds. The van der Waals surface area contributed by atoms with Gasteiger partial charge in [0.2, 0.25) is 0 Å². The van der Waals surface area contributed by atoms with E-state index < -0.39 is 29.9 Å². The number of hydrogen-bond acceptors (Lipinski definition) is 5. The van der Waals surface area contributed by atoms with Crippen LogP contribution in [0.15, 0.2) is 18.2 Å². The van der Waals surface area contributed by atoms with E-state index in [1.807, 2.05) is 6.92 Å². The van der Waals surface area contributed by atoms with Crippen molar-refractivity contribution >= 4 is 11.9 Å². The molecule has 1 rings (SSSR count). The number of aliphatic carboxylic acids is 2. The Morgan fingerprint density at radius 1 is 1.13 bits per heavy atom. The molecule has 128 valence electrons. The lowest BCUT2D eigenvalue weighted by molar-refractivity contribution is -0.142. The second-order valence-corrected chi connectivity index (χ2v) is 5.51. The Morgan fingerprint density at radius 2 is 1.78 bits per heavy atom. The van der Waals surface area contributed by atoms with Gasteiger partial charge in [-0.1, -0.05) is 13.0 Å². The third kappa shape index (κ3) is 5.54. The summed E-state index contributed by atoms with van der Waals surface area (Å²) < 4.78 is 5.44. The molecule has 0 aliphatic heterocycles. The first kappa shape index (κ1) is 18.9. The molecule has 7 heteroatoms. The molecule has 0 aliphatic rings. The molecule has 3 atom stereocenters. The highest BCUT2D eigenvalue weighted by Gasteiger charge is 2.22. The molecule has 0 radical (unpaired) electrons. The molecule has 1 aromatic carbocycles. The molecule has 0 heterocycles. The predicted molar refractivity (Wildman–Crippen MR) is 85.4 cm³/mol. The van der Waals surface area contributed by atoms with Crippen LogP contribution in [0.4, 0.5) is 0 Å². The van der Waals surface area contributed by atoms with Crippen LogP contribution in [0.2, 0.25) is 0 Å². The highest BCUT2D eigenvalue weighted by Crippen LogP contribution is 2.22. The Hall–Kier alpha value is -2.12. The van der Waals surface area contributed by atoms with Gasteiger partial charge in [0.05, 0.1) is 12.5 Å². The zero-order valence-electron chi connectivity index (χ0n) is 13.4. The summed E-state index contributed by atoms with van der Waals surface area (Å²) in [5.41, 5.74) is 13.1. The molecule has 0 saturated heterocycles. The van der Waals surface area contributed by atoms with Gasteiger partial charge in [-0.05, 0) is 43.0 Å². The van der Waals surface area contributed by atoms with Crippen LogP contribution in [-0.2, 0) is 22.4 Å². The van der Waals surface area contributed by atoms with Gasteiger partial charge in [0.15, 0.2) is 0 Å². The van der Waals surface area contributed by atoms with Crippen LogP contribution in [-0.4, -0.2) is 40.8 Å². The smallest absolute Gasteiger partial charge is 0.320 e. The summed E-state index contributed by atoms with van der Waals surface area (Å²) in [5, 5.41) is 18.0. The Balaban J connectivity index is 3.05. The van der Waals surface area contributed by atoms with Crippen LogP contribution in [0, 0.1) is 5.92 Å². The van der Waals surface area contributed by atoms with Crippen LogP contribution in [0.5, 0.6) is 5.75 Å². The number of nitrogens with two attached hydrogens (primary N) is 2. The first-order chi connectivity index (χ1) is 10.8. The van der Waals surface area contributed by atoms with Crippen molar-refractivity contribution in [3.63, 3.8) is 0 Å². The summed E-state index contributed by atoms with van der Waals surface area (Å²) in [4.78, 5) is 22.0. The lowest BCUT2D eigenvalue weighted by Crippen LogP contribution is -2.36. The first-order valence-corrected chi connectivity index (χ1v) is 7.47. The van der Waals surface area contributed by atoms with E-state index >= 15 is 0 Å². The lowest BCUT2D eigenvalue weighted by atomic mass is 9.91. The molecule has 0 spiro atoms. The molecular formula is C16H24N2O5. The van der Waals surface area contributed by atoms with E-state index in [1.54, 1.807) is 25.1 Å². The number of carbonyl (C=O) groups is 2. The number of benzene rings is 1. The molecule has 0 saturated carbocycles. The minimum atomic E-state index is -1.09. The van der Waals surface area contributed by atoms with Crippen molar-refractivity contribution in [3.05, 3.63) is 29.3 Å². The molecule has 0 aliphatic carbocycles. The quantitative estimate of drug-likeness (QED) is 0.523. The van der Waals surface area contributed by atoms with Gasteiger partial charge in [-0.25, -0.2) is 0 Å². The van der Waals surface area contributed by atoms with Crippen LogP contribution < -0.4 is 16.2 Å². The fraction of sp³-hybridized carbons (Fsp3) is 0.500. The highest BCUT2D eigenvalue weighted by atomic mass is 16.5. The summed E-state index contributed by atoms with van der Waals surface area (Å²) in [6.07, 6.45) is 0.446. The van der Waals surface area contributed by atoms with Gasteiger partial charge in [0.1, 0.15) is 11.8 Å². The van der Waals surface area contributed by atoms with Crippen molar-refractivity contribution in [3.8, 4) is 5.75 Å². The number of carboxylic acids is 2. The third-order valence-corrected chi connectivity index (χ3v) is 3.73. The van der Waals surface area contributed by atoms with Gasteiger partial charge in [-0.2, -0.15) is 0 Å². The lowest BCUT2D eigenvalue weighted by Gasteiger charge is -2.20. The van der Waals surface area contributed by atoms with E-state index in [0.29, 0.717) is 18.8 Å². The van der Waals surface area contributed by atoms with Crippen LogP contribution in [0.1, 0.15) is 25.0 Å². The van der Waals surface area contributed by atoms with E-state index in [2.05, 4.69) is 0 Å². The molecule has 0 aromatic heterocycles. The maximum Gasteiger partial charge on any atom is 0.320 e. The van der Waals surface area contributed by atoms with E-state index in [4.69, 9.17) is 26.4 Å². The fourth-order valence-electron chi connectivity index (χ4n) is 2.19. The molecule has 7 nitrogen and oxygen atoms in total. The fourth-order valence-corrected chi connectivity index (χ4v) is 2.19. The second kappa shape index (κ2) is 8.50. The molecule has 1 unspecified atom stereocenters. The molecule has 0 fully saturated rings. The molecule has 1 aromatic rings. The van der Waals surface area contributed by atoms with Gasteiger partial charge < -0.3 is 26.4 Å². The molecule has 23 heavy (non-hydrogen) atoms. The summed E-state index contributed by atoms with van der Waals surface area (Å²) >= 11 is 0. The predicted octanol–water partition coefficient (Wildman–Crippen LogP) is 0.630. The Morgan fingerprint density at radius 3 is 2.30 bits per heavy atom. The summed E-state index contributed by atoms with van der Waals surface area (Å²) in [6, 6.07) is 3.63. The Kier molecular flexibility index (Phi) is 6.99. The van der Waals surface area contributed by atoms with Crippen LogP contribution in [0.3, 0.4) is 0 Å². The van der Waals surface area contributed by atoms with Crippen molar-refractivity contribution in [2.75, 3.05) is 6.61 Å². The SMILES string of the molecule is CCOc1ccc(C[C@@H](N)C(=O)O)c(C[C@@H](N)C(C)C(=O)O)c1. The van der Waals surface area contributed by atoms with Gasteiger partial charge in [0.25, 0.3) is 0 Å². The largest absolute Gasteiger partial charge is 0.494 e. The number of hydrogen-bond donors (Lipinski definition) is 4. The second-order valence-electron chi connectivity index (χ2n) is 5.51. The average Bonchev–Trinajstić information content (AvgIpc) is 2.48. The number of ether oxygens (including phenoxy) is 1. The van der Waals surface area contributed by atoms with E-state index in [-0.39, 0.29) is 6.42 Å². The van der Waals surface area contributed by atoms with Crippen molar-refractivity contribution in [1.29, 1.82) is 0 Å². The van der Waals surface area contributed by atoms with Gasteiger partial charge in [0, 0.05) is 6.04 Å². The van der Waals surface area contributed by atoms with Crippen molar-refractivity contribution in [1.82, 2.24) is 0 Å². The third-order valence-electron chi connectivity index (χ3n) is 3.73. The first-order valence-electron chi connectivity index (χ1n) is 7.47. The van der Waals surface area contributed by atoms with E-state index in [9.17, 15) is 9.59 Å². The topological polar surface area (TPSA) is 136 Å². The summed E-state index contributed by atoms with van der Waals surface area (Å²) in [5.74, 6) is -2.15. The average molecular weight is 324 g/mol. The summed E-state index contributed by atoms with van der Waals surface area (Å²) in [7, 11) is 0. The van der Waals surface area contributed by atoms with Crippen LogP contribution in [0.25, 0.3) is 0 Å². The number of rotatable bonds is 9. The monoisotopic (exact) mass is 324 g/mol. The minimum absolute atomic E-state index is 0.144. The molecule has 0 bridgehead atoms.